The molecule has 0 amide bonds. The van der Waals surface area contributed by atoms with E-state index in [0.29, 0.717) is 16.3 Å². The minimum absolute atomic E-state index is 0.274. The van der Waals surface area contributed by atoms with Gasteiger partial charge in [-0.15, -0.1) is 0 Å². The summed E-state index contributed by atoms with van der Waals surface area (Å²) in [5, 5.41) is 8.60. The van der Waals surface area contributed by atoms with Gasteiger partial charge in [-0.1, -0.05) is 12.1 Å². The molecule has 68 valence electrons. The highest BCUT2D eigenvalue weighted by atomic mass is 32.7. The molecule has 0 aromatic heterocycles. The van der Waals surface area contributed by atoms with Crippen molar-refractivity contribution in [3.8, 4) is 6.07 Å². The van der Waals surface area contributed by atoms with E-state index in [1.807, 2.05) is 6.07 Å². The average Bonchev–Trinajstić information content (AvgIpc) is 2.02. The Kier molecular flexibility index (Phi) is 3.12. The van der Waals surface area contributed by atoms with E-state index in [0.717, 1.165) is 0 Å². The van der Waals surface area contributed by atoms with Crippen molar-refractivity contribution in [2.24, 2.45) is 0 Å². The molecule has 2 N–H and O–H groups in total. The normalized spacial score (nSPS) is 10.8. The average molecular weight is 215 g/mol. The zero-order valence-corrected chi connectivity index (χ0v) is 8.13. The largest absolute Gasteiger partial charge is 0.388 e. The van der Waals surface area contributed by atoms with Crippen LogP contribution in [0.3, 0.4) is 0 Å². The molecular weight excluding hydrogens is 209 g/mol. The van der Waals surface area contributed by atoms with Gasteiger partial charge in [0.05, 0.1) is 5.56 Å². The van der Waals surface area contributed by atoms with Crippen molar-refractivity contribution < 1.29 is 14.4 Å². The molecule has 0 fully saturated rings. The van der Waals surface area contributed by atoms with Crippen LogP contribution in [-0.4, -0.2) is 9.79 Å². The van der Waals surface area contributed by atoms with E-state index in [2.05, 4.69) is 0 Å². The molecule has 0 saturated heterocycles. The number of hydrogen-bond donors (Lipinski definition) is 2. The summed E-state index contributed by atoms with van der Waals surface area (Å²) in [6.07, 6.45) is 0. The van der Waals surface area contributed by atoms with Crippen LogP contribution < -0.4 is 0 Å². The zero-order valence-electron chi connectivity index (χ0n) is 6.41. The van der Waals surface area contributed by atoms with Crippen LogP contribution in [-0.2, 0) is 4.57 Å². The first kappa shape index (κ1) is 10.3. The summed E-state index contributed by atoms with van der Waals surface area (Å²) < 4.78 is 10.6. The number of benzene rings is 1. The second kappa shape index (κ2) is 3.95. The smallest absolute Gasteiger partial charge is 0.316 e. The summed E-state index contributed by atoms with van der Waals surface area (Å²) >= 11 is 0.396. The maximum absolute atomic E-state index is 10.6. The Hall–Kier alpha value is -0.790. The summed E-state index contributed by atoms with van der Waals surface area (Å²) in [6, 6.07) is 8.13. The van der Waals surface area contributed by atoms with Crippen molar-refractivity contribution in [1.29, 1.82) is 5.26 Å². The Balaban J connectivity index is 3.03. The van der Waals surface area contributed by atoms with Crippen molar-refractivity contribution in [1.82, 2.24) is 0 Å². The van der Waals surface area contributed by atoms with E-state index in [1.165, 1.54) is 12.1 Å². The van der Waals surface area contributed by atoms with Gasteiger partial charge in [0, 0.05) is 4.90 Å². The third kappa shape index (κ3) is 3.21. The number of rotatable bonds is 2. The highest BCUT2D eigenvalue weighted by molar-refractivity contribution is 8.54. The van der Waals surface area contributed by atoms with Gasteiger partial charge in [-0.05, 0) is 23.5 Å². The van der Waals surface area contributed by atoms with Gasteiger partial charge in [-0.2, -0.15) is 5.26 Å². The van der Waals surface area contributed by atoms with Crippen molar-refractivity contribution in [2.45, 2.75) is 4.90 Å². The lowest BCUT2D eigenvalue weighted by Crippen LogP contribution is -1.79. The lowest BCUT2D eigenvalue weighted by molar-refractivity contribution is 0.397. The van der Waals surface area contributed by atoms with Gasteiger partial charge in [0.25, 0.3) is 0 Å². The van der Waals surface area contributed by atoms with Crippen molar-refractivity contribution in [3.63, 3.8) is 0 Å². The fraction of sp³-hybridized carbons (Fsp3) is 0. The first-order valence-corrected chi connectivity index (χ1v) is 6.30. The highest BCUT2D eigenvalue weighted by Crippen LogP contribution is 2.55. The van der Waals surface area contributed by atoms with E-state index < -0.39 is 6.80 Å². The van der Waals surface area contributed by atoms with Gasteiger partial charge in [-0.3, -0.25) is 0 Å². The Morgan fingerprint density at radius 2 is 2.00 bits per heavy atom. The lowest BCUT2D eigenvalue weighted by Gasteiger charge is -2.03. The molecule has 4 nitrogen and oxygen atoms in total. The van der Waals surface area contributed by atoms with Gasteiger partial charge < -0.3 is 9.79 Å². The highest BCUT2D eigenvalue weighted by Gasteiger charge is 2.17. The minimum atomic E-state index is -4.16. The predicted molar refractivity (Wildman–Crippen MR) is 49.1 cm³/mol. The fourth-order valence-corrected chi connectivity index (χ4v) is 2.62. The Morgan fingerprint density at radius 3 is 2.54 bits per heavy atom. The fourth-order valence-electron chi connectivity index (χ4n) is 0.767. The molecule has 1 rings (SSSR count). The molecule has 0 radical (unpaired) electrons. The molecule has 0 aliphatic rings. The SMILES string of the molecule is N#Cc1ccccc1SP(=O)(O)O. The van der Waals surface area contributed by atoms with E-state index in [9.17, 15) is 4.57 Å². The molecule has 0 atom stereocenters. The van der Waals surface area contributed by atoms with E-state index in [4.69, 9.17) is 15.0 Å². The second-order valence-corrected chi connectivity index (χ2v) is 5.77. The van der Waals surface area contributed by atoms with Crippen LogP contribution in [0.5, 0.6) is 0 Å². The minimum Gasteiger partial charge on any atom is -0.316 e. The molecule has 0 aliphatic heterocycles. The van der Waals surface area contributed by atoms with E-state index in [-0.39, 0.29) is 5.56 Å². The van der Waals surface area contributed by atoms with Crippen LogP contribution in [0.1, 0.15) is 5.56 Å². The molecular formula is C7H6NO3PS. The molecule has 13 heavy (non-hydrogen) atoms. The molecule has 1 aromatic carbocycles. The molecule has 0 aliphatic carbocycles. The van der Waals surface area contributed by atoms with Gasteiger partial charge in [0.15, 0.2) is 0 Å². The second-order valence-electron chi connectivity index (χ2n) is 2.19. The lowest BCUT2D eigenvalue weighted by atomic mass is 10.2. The maximum Gasteiger partial charge on any atom is 0.388 e. The van der Waals surface area contributed by atoms with Gasteiger partial charge >= 0.3 is 6.80 Å². The number of hydrogen-bond acceptors (Lipinski definition) is 3. The summed E-state index contributed by atoms with van der Waals surface area (Å²) in [6.45, 7) is -4.16. The van der Waals surface area contributed by atoms with Gasteiger partial charge in [0.1, 0.15) is 6.07 Å². The topological polar surface area (TPSA) is 81.3 Å². The maximum atomic E-state index is 10.6. The summed E-state index contributed by atoms with van der Waals surface area (Å²) in [5.74, 6) is 0. The third-order valence-corrected chi connectivity index (χ3v) is 3.32. The van der Waals surface area contributed by atoms with Crippen molar-refractivity contribution >= 4 is 18.2 Å². The zero-order chi connectivity index (χ0) is 9.90. The van der Waals surface area contributed by atoms with Crippen LogP contribution in [0.2, 0.25) is 0 Å². The number of nitrogens with zero attached hydrogens (tertiary/aromatic N) is 1. The van der Waals surface area contributed by atoms with E-state index in [1.54, 1.807) is 12.1 Å². The first-order valence-electron chi connectivity index (χ1n) is 3.27. The standard InChI is InChI=1S/C7H6NO3PS/c8-5-6-3-1-2-4-7(6)13-12(9,10)11/h1-4H,(H2,9,10,11). The number of nitriles is 1. The third-order valence-electron chi connectivity index (χ3n) is 1.22. The predicted octanol–water partition coefficient (Wildman–Crippen LogP) is 1.74. The van der Waals surface area contributed by atoms with Crippen LogP contribution >= 0.6 is 18.2 Å². The summed E-state index contributed by atoms with van der Waals surface area (Å²) in [5.41, 5.74) is 0.274. The molecule has 0 unspecified atom stereocenters. The van der Waals surface area contributed by atoms with Gasteiger partial charge in [-0.25, -0.2) is 4.57 Å². The van der Waals surface area contributed by atoms with Crippen molar-refractivity contribution in [2.75, 3.05) is 0 Å². The molecule has 0 bridgehead atoms. The molecule has 0 heterocycles. The molecule has 0 saturated carbocycles. The Labute approximate surface area is 79.1 Å². The molecule has 0 spiro atoms. The quantitative estimate of drug-likeness (QED) is 0.734. The molecule has 6 heteroatoms. The van der Waals surface area contributed by atoms with Crippen LogP contribution in [0.4, 0.5) is 0 Å². The Bertz CT molecular complexity index is 395. The molecule has 1 aromatic rings. The van der Waals surface area contributed by atoms with Crippen LogP contribution in [0.25, 0.3) is 0 Å². The van der Waals surface area contributed by atoms with Crippen molar-refractivity contribution in [3.05, 3.63) is 29.8 Å². The monoisotopic (exact) mass is 215 g/mol. The van der Waals surface area contributed by atoms with Crippen LogP contribution in [0, 0.1) is 11.3 Å². The Morgan fingerprint density at radius 1 is 1.38 bits per heavy atom. The van der Waals surface area contributed by atoms with Crippen LogP contribution in [0.15, 0.2) is 29.2 Å². The summed E-state index contributed by atoms with van der Waals surface area (Å²) in [4.78, 5) is 17.6. The van der Waals surface area contributed by atoms with E-state index >= 15 is 0 Å². The first-order chi connectivity index (χ1) is 6.03. The summed E-state index contributed by atoms with van der Waals surface area (Å²) in [7, 11) is 0. The van der Waals surface area contributed by atoms with Gasteiger partial charge in [0.2, 0.25) is 0 Å².